The summed E-state index contributed by atoms with van der Waals surface area (Å²) in [5.41, 5.74) is 5.17. The van der Waals surface area contributed by atoms with Gasteiger partial charge in [-0.3, -0.25) is 9.00 Å². The lowest BCUT2D eigenvalue weighted by Crippen LogP contribution is -2.36. The summed E-state index contributed by atoms with van der Waals surface area (Å²) >= 11 is 0. The lowest BCUT2D eigenvalue weighted by Gasteiger charge is -2.21. The first-order valence-corrected chi connectivity index (χ1v) is 6.94. The molecule has 0 fully saturated rings. The van der Waals surface area contributed by atoms with Gasteiger partial charge in [0.2, 0.25) is 5.91 Å². The van der Waals surface area contributed by atoms with Gasteiger partial charge >= 0.3 is 0 Å². The van der Waals surface area contributed by atoms with Gasteiger partial charge in [0.1, 0.15) is 22.3 Å². The maximum atomic E-state index is 13.5. The number of nitrogens with two attached hydrogens (primary N) is 1. The zero-order valence-corrected chi connectivity index (χ0v) is 11.8. The average molecular weight is 290 g/mol. The molecule has 0 aromatic heterocycles. The van der Waals surface area contributed by atoms with Gasteiger partial charge in [-0.05, 0) is 26.0 Å². The number of anilines is 1. The van der Waals surface area contributed by atoms with E-state index < -0.39 is 39.0 Å². The van der Waals surface area contributed by atoms with Crippen LogP contribution in [-0.4, -0.2) is 33.9 Å². The molecular formula is C12H16F2N2O2S. The quantitative estimate of drug-likeness (QED) is 0.855. The van der Waals surface area contributed by atoms with Crippen LogP contribution in [0.5, 0.6) is 0 Å². The van der Waals surface area contributed by atoms with Crippen molar-refractivity contribution in [2.75, 3.05) is 18.5 Å². The van der Waals surface area contributed by atoms with Crippen LogP contribution in [0.25, 0.3) is 0 Å². The molecule has 0 heterocycles. The third kappa shape index (κ3) is 3.73. The standard InChI is InChI=1S/C12H16F2N2O2S/c1-7(2)16(3)11(17)6-19(18)12-9(13)4-8(15)5-10(12)14/h4-5,7H,6,15H2,1-3H3. The fourth-order valence-corrected chi connectivity index (χ4v) is 2.50. The molecule has 0 radical (unpaired) electrons. The van der Waals surface area contributed by atoms with Crippen LogP contribution < -0.4 is 5.73 Å². The van der Waals surface area contributed by atoms with Crippen molar-refractivity contribution < 1.29 is 17.8 Å². The molecule has 0 aliphatic carbocycles. The number of rotatable bonds is 4. The molecule has 7 heteroatoms. The first-order chi connectivity index (χ1) is 8.73. The summed E-state index contributed by atoms with van der Waals surface area (Å²) in [4.78, 5) is 12.5. The monoisotopic (exact) mass is 290 g/mol. The predicted octanol–water partition coefficient (Wildman–Crippen LogP) is 1.52. The Hall–Kier alpha value is -1.50. The van der Waals surface area contributed by atoms with Crippen molar-refractivity contribution in [3.05, 3.63) is 23.8 Å². The van der Waals surface area contributed by atoms with Crippen LogP contribution in [-0.2, 0) is 15.6 Å². The SMILES string of the molecule is CC(C)N(C)C(=O)CS(=O)c1c(F)cc(N)cc1F. The summed E-state index contributed by atoms with van der Waals surface area (Å²) in [5, 5.41) is 0. The fourth-order valence-electron chi connectivity index (χ4n) is 1.37. The lowest BCUT2D eigenvalue weighted by atomic mass is 10.3. The summed E-state index contributed by atoms with van der Waals surface area (Å²) < 4.78 is 38.9. The van der Waals surface area contributed by atoms with E-state index in [1.165, 1.54) is 4.90 Å². The Morgan fingerprint density at radius 2 is 1.84 bits per heavy atom. The first kappa shape index (κ1) is 15.6. The second kappa shape index (κ2) is 6.10. The van der Waals surface area contributed by atoms with Crippen LogP contribution in [0.2, 0.25) is 0 Å². The van der Waals surface area contributed by atoms with Gasteiger partial charge in [-0.2, -0.15) is 0 Å². The van der Waals surface area contributed by atoms with Gasteiger partial charge in [0, 0.05) is 18.8 Å². The number of nitrogen functional groups attached to an aromatic ring is 1. The van der Waals surface area contributed by atoms with Crippen LogP contribution in [0.4, 0.5) is 14.5 Å². The van der Waals surface area contributed by atoms with Gasteiger partial charge in [-0.1, -0.05) is 0 Å². The minimum absolute atomic E-state index is 0.0781. The molecule has 106 valence electrons. The van der Waals surface area contributed by atoms with E-state index in [9.17, 15) is 17.8 Å². The van der Waals surface area contributed by atoms with Gasteiger partial charge in [0.05, 0.1) is 10.8 Å². The number of hydrogen-bond donors (Lipinski definition) is 1. The molecule has 1 amide bonds. The molecule has 1 unspecified atom stereocenters. The molecule has 0 aliphatic heterocycles. The van der Waals surface area contributed by atoms with Crippen molar-refractivity contribution in [1.29, 1.82) is 0 Å². The number of nitrogens with zero attached hydrogens (tertiary/aromatic N) is 1. The maximum Gasteiger partial charge on any atom is 0.235 e. The zero-order chi connectivity index (χ0) is 14.7. The second-order valence-corrected chi connectivity index (χ2v) is 5.79. The highest BCUT2D eigenvalue weighted by atomic mass is 32.2. The van der Waals surface area contributed by atoms with Crippen LogP contribution in [0.15, 0.2) is 17.0 Å². The fraction of sp³-hybridized carbons (Fsp3) is 0.417. The highest BCUT2D eigenvalue weighted by Crippen LogP contribution is 2.20. The largest absolute Gasteiger partial charge is 0.399 e. The zero-order valence-electron chi connectivity index (χ0n) is 10.9. The topological polar surface area (TPSA) is 63.4 Å². The van der Waals surface area contributed by atoms with Gasteiger partial charge in [-0.15, -0.1) is 0 Å². The number of halogens is 2. The smallest absolute Gasteiger partial charge is 0.235 e. The van der Waals surface area contributed by atoms with Crippen molar-refractivity contribution in [1.82, 2.24) is 4.90 Å². The Morgan fingerprint density at radius 3 is 2.26 bits per heavy atom. The van der Waals surface area contributed by atoms with E-state index >= 15 is 0 Å². The normalized spacial score (nSPS) is 12.5. The second-order valence-electron chi connectivity index (χ2n) is 4.40. The maximum absolute atomic E-state index is 13.5. The van der Waals surface area contributed by atoms with Crippen molar-refractivity contribution in [3.63, 3.8) is 0 Å². The summed E-state index contributed by atoms with van der Waals surface area (Å²) in [6, 6.07) is 1.69. The van der Waals surface area contributed by atoms with Gasteiger partial charge in [0.25, 0.3) is 0 Å². The Labute approximate surface area is 113 Å². The van der Waals surface area contributed by atoms with Crippen LogP contribution in [0.3, 0.4) is 0 Å². The molecule has 1 aromatic rings. The van der Waals surface area contributed by atoms with E-state index in [-0.39, 0.29) is 11.7 Å². The van der Waals surface area contributed by atoms with Crippen molar-refractivity contribution in [3.8, 4) is 0 Å². The number of benzene rings is 1. The predicted molar refractivity (Wildman–Crippen MR) is 70.0 cm³/mol. The third-order valence-electron chi connectivity index (χ3n) is 2.67. The number of carbonyl (C=O) groups is 1. The first-order valence-electron chi connectivity index (χ1n) is 5.62. The molecule has 0 saturated carbocycles. The van der Waals surface area contributed by atoms with Crippen LogP contribution in [0, 0.1) is 11.6 Å². The molecule has 0 aliphatic rings. The Balaban J connectivity index is 2.94. The molecule has 1 atom stereocenters. The van der Waals surface area contributed by atoms with Crippen LogP contribution >= 0.6 is 0 Å². The van der Waals surface area contributed by atoms with Crippen molar-refractivity contribution in [2.24, 2.45) is 0 Å². The van der Waals surface area contributed by atoms with E-state index in [4.69, 9.17) is 5.73 Å². The Bertz CT molecular complexity index is 497. The van der Waals surface area contributed by atoms with Gasteiger partial charge in [-0.25, -0.2) is 8.78 Å². The molecule has 0 bridgehead atoms. The third-order valence-corrected chi connectivity index (χ3v) is 4.03. The average Bonchev–Trinajstić information content (AvgIpc) is 2.25. The van der Waals surface area contributed by atoms with Crippen molar-refractivity contribution in [2.45, 2.75) is 24.8 Å². The van der Waals surface area contributed by atoms with Crippen LogP contribution in [0.1, 0.15) is 13.8 Å². The van der Waals surface area contributed by atoms with E-state index in [0.717, 1.165) is 12.1 Å². The Kier molecular flexibility index (Phi) is 4.99. The van der Waals surface area contributed by atoms with E-state index in [0.29, 0.717) is 0 Å². The summed E-state index contributed by atoms with van der Waals surface area (Å²) in [7, 11) is -0.537. The molecule has 0 spiro atoms. The molecule has 0 saturated heterocycles. The molecule has 4 nitrogen and oxygen atoms in total. The number of carbonyl (C=O) groups excluding carboxylic acids is 1. The Morgan fingerprint density at radius 1 is 1.37 bits per heavy atom. The summed E-state index contributed by atoms with van der Waals surface area (Å²) in [6.07, 6.45) is 0. The number of hydrogen-bond acceptors (Lipinski definition) is 3. The highest BCUT2D eigenvalue weighted by molar-refractivity contribution is 7.85. The lowest BCUT2D eigenvalue weighted by molar-refractivity contribution is -0.128. The molecule has 1 rings (SSSR count). The van der Waals surface area contributed by atoms with Crippen molar-refractivity contribution >= 4 is 22.4 Å². The minimum atomic E-state index is -2.08. The van der Waals surface area contributed by atoms with E-state index in [1.807, 2.05) is 0 Å². The summed E-state index contributed by atoms with van der Waals surface area (Å²) in [5.74, 6) is -2.91. The minimum Gasteiger partial charge on any atom is -0.399 e. The number of amides is 1. The van der Waals surface area contributed by atoms with Gasteiger partial charge < -0.3 is 10.6 Å². The highest BCUT2D eigenvalue weighted by Gasteiger charge is 2.22. The van der Waals surface area contributed by atoms with E-state index in [1.54, 1.807) is 20.9 Å². The summed E-state index contributed by atoms with van der Waals surface area (Å²) in [6.45, 7) is 3.57. The van der Waals surface area contributed by atoms with Gasteiger partial charge in [0.15, 0.2) is 0 Å². The molecular weight excluding hydrogens is 274 g/mol. The molecule has 1 aromatic carbocycles. The molecule has 2 N–H and O–H groups in total. The molecule has 19 heavy (non-hydrogen) atoms. The van der Waals surface area contributed by atoms with E-state index in [2.05, 4.69) is 0 Å².